The highest BCUT2D eigenvalue weighted by Gasteiger charge is 2.43. The first-order valence-corrected chi connectivity index (χ1v) is 10.5. The van der Waals surface area contributed by atoms with Gasteiger partial charge in [-0.3, -0.25) is 9.78 Å². The Morgan fingerprint density at radius 2 is 1.76 bits per heavy atom. The van der Waals surface area contributed by atoms with Gasteiger partial charge in [-0.25, -0.2) is 13.8 Å². The molecule has 0 aliphatic heterocycles. The number of thiol groups is 1. The summed E-state index contributed by atoms with van der Waals surface area (Å²) in [5.74, 6) is -3.13. The van der Waals surface area contributed by atoms with Crippen LogP contribution in [0.3, 0.4) is 0 Å². The molecule has 0 aliphatic carbocycles. The van der Waals surface area contributed by atoms with E-state index in [1.165, 1.54) is 40.0 Å². The van der Waals surface area contributed by atoms with Crippen LogP contribution in [0.4, 0.5) is 8.78 Å². The van der Waals surface area contributed by atoms with Crippen LogP contribution >= 0.6 is 12.6 Å². The monoisotopic (exact) mass is 433 g/mol. The van der Waals surface area contributed by atoms with Gasteiger partial charge < -0.3 is 4.84 Å². The van der Waals surface area contributed by atoms with Crippen molar-refractivity contribution in [1.82, 2.24) is 15.4 Å². The van der Waals surface area contributed by atoms with Crippen LogP contribution in [0.15, 0.2) is 11.8 Å². The van der Waals surface area contributed by atoms with Crippen molar-refractivity contribution in [2.75, 3.05) is 19.9 Å². The van der Waals surface area contributed by atoms with E-state index in [9.17, 15) is 13.6 Å². The lowest BCUT2D eigenvalue weighted by atomic mass is 9.79. The molecule has 29 heavy (non-hydrogen) atoms. The summed E-state index contributed by atoms with van der Waals surface area (Å²) in [6.07, 6.45) is 7.25. The molecule has 0 spiro atoms. The van der Waals surface area contributed by atoms with E-state index in [-0.39, 0.29) is 18.0 Å². The van der Waals surface area contributed by atoms with Crippen LogP contribution in [0.5, 0.6) is 0 Å². The van der Waals surface area contributed by atoms with Crippen LogP contribution < -0.4 is 5.48 Å². The minimum atomic E-state index is -2.86. The molecule has 168 valence electrons. The number of nitrogens with zero attached hydrogens (tertiary/aromatic N) is 2. The van der Waals surface area contributed by atoms with Gasteiger partial charge in [-0.05, 0) is 26.2 Å². The van der Waals surface area contributed by atoms with Gasteiger partial charge in [0, 0.05) is 12.3 Å². The molecule has 1 N–H and O–H groups in total. The third kappa shape index (κ3) is 10.3. The summed E-state index contributed by atoms with van der Waals surface area (Å²) in [5.41, 5.74) is 2.79. The molecule has 0 amide bonds. The molecule has 0 bridgehead atoms. The van der Waals surface area contributed by atoms with Crippen LogP contribution in [-0.4, -0.2) is 41.6 Å². The Morgan fingerprint density at radius 1 is 1.24 bits per heavy atom. The quantitative estimate of drug-likeness (QED) is 0.319. The standard InChI is InChI=1S/C16H23F2N3O2.C4H10.CH4S/c1-10(15(3,4)16(5,17)18)7-12-11(2)21-13(8-19-12)14(22)9-20-23-6;1-3-4-2;1-2/h7-8,20H,9H2,1-6H3;3-4H2,1-2H3;2H,1H3/b10-7+;;. The molecule has 0 saturated heterocycles. The molecule has 8 heteroatoms. The van der Waals surface area contributed by atoms with E-state index in [1.807, 2.05) is 0 Å². The number of alkyl halides is 2. The van der Waals surface area contributed by atoms with Gasteiger partial charge in [0.15, 0.2) is 5.78 Å². The Bertz CT molecular complexity index is 643. The Morgan fingerprint density at radius 3 is 2.14 bits per heavy atom. The number of carbonyl (C=O) groups is 1. The van der Waals surface area contributed by atoms with Gasteiger partial charge in [0.2, 0.25) is 0 Å². The van der Waals surface area contributed by atoms with Crippen molar-refractivity contribution >= 4 is 24.5 Å². The molecule has 0 saturated carbocycles. The van der Waals surface area contributed by atoms with Gasteiger partial charge in [-0.1, -0.05) is 46.1 Å². The fourth-order valence-electron chi connectivity index (χ4n) is 1.73. The molecule has 0 radical (unpaired) electrons. The van der Waals surface area contributed by atoms with Crippen LogP contribution in [0.1, 0.15) is 76.3 Å². The second kappa shape index (κ2) is 14.6. The lowest BCUT2D eigenvalue weighted by Gasteiger charge is -2.32. The number of nitrogens with one attached hydrogen (secondary N) is 1. The average molecular weight is 434 g/mol. The summed E-state index contributed by atoms with van der Waals surface area (Å²) in [4.78, 5) is 24.8. The minimum Gasteiger partial charge on any atom is -0.305 e. The number of allylic oxidation sites excluding steroid dienone is 1. The predicted octanol–water partition coefficient (Wildman–Crippen LogP) is 5.56. The van der Waals surface area contributed by atoms with Crippen molar-refractivity contribution in [3.05, 3.63) is 28.9 Å². The Hall–Kier alpha value is -1.38. The van der Waals surface area contributed by atoms with Crippen molar-refractivity contribution in [3.8, 4) is 0 Å². The smallest absolute Gasteiger partial charge is 0.254 e. The molecule has 1 aromatic heterocycles. The number of unbranched alkanes of at least 4 members (excludes halogenated alkanes) is 1. The minimum absolute atomic E-state index is 0.0199. The Balaban J connectivity index is 0. The fraction of sp³-hybridized carbons (Fsp3) is 0.667. The lowest BCUT2D eigenvalue weighted by molar-refractivity contribution is -0.0685. The van der Waals surface area contributed by atoms with Gasteiger partial charge in [-0.2, -0.15) is 18.1 Å². The maximum absolute atomic E-state index is 13.7. The zero-order valence-electron chi connectivity index (χ0n) is 19.2. The fourth-order valence-corrected chi connectivity index (χ4v) is 1.73. The first-order valence-electron chi connectivity index (χ1n) is 9.56. The summed E-state index contributed by atoms with van der Waals surface area (Å²) in [5, 5.41) is 0. The molecule has 0 aromatic carbocycles. The molecule has 1 aromatic rings. The molecule has 1 rings (SSSR count). The van der Waals surface area contributed by atoms with Crippen LogP contribution in [0, 0.1) is 12.3 Å². The van der Waals surface area contributed by atoms with E-state index in [0.29, 0.717) is 17.0 Å². The zero-order chi connectivity index (χ0) is 23.3. The lowest BCUT2D eigenvalue weighted by Crippen LogP contribution is -2.34. The van der Waals surface area contributed by atoms with Crippen molar-refractivity contribution in [3.63, 3.8) is 0 Å². The number of aromatic nitrogens is 2. The van der Waals surface area contributed by atoms with Gasteiger partial charge in [0.1, 0.15) is 5.69 Å². The maximum Gasteiger partial charge on any atom is 0.254 e. The van der Waals surface area contributed by atoms with Gasteiger partial charge in [-0.15, -0.1) is 0 Å². The molecular weight excluding hydrogens is 396 g/mol. The molecule has 0 aliphatic rings. The predicted molar refractivity (Wildman–Crippen MR) is 120 cm³/mol. The van der Waals surface area contributed by atoms with Crippen molar-refractivity contribution in [2.45, 2.75) is 67.2 Å². The second-order valence-corrected chi connectivity index (χ2v) is 7.02. The number of ketones is 1. The number of hydrogen-bond acceptors (Lipinski definition) is 6. The van der Waals surface area contributed by atoms with Crippen LogP contribution in [-0.2, 0) is 4.84 Å². The molecule has 1 heterocycles. The average Bonchev–Trinajstić information content (AvgIpc) is 2.68. The van der Waals surface area contributed by atoms with Crippen LogP contribution in [0.2, 0.25) is 0 Å². The second-order valence-electron chi connectivity index (χ2n) is 7.02. The third-order valence-electron chi connectivity index (χ3n) is 4.58. The first kappa shape index (κ1) is 29.8. The van der Waals surface area contributed by atoms with Gasteiger partial charge in [0.05, 0.1) is 31.2 Å². The third-order valence-corrected chi connectivity index (χ3v) is 4.58. The van der Waals surface area contributed by atoms with E-state index < -0.39 is 11.3 Å². The summed E-state index contributed by atoms with van der Waals surface area (Å²) in [7, 11) is 1.41. The highest BCUT2D eigenvalue weighted by atomic mass is 32.1. The first-order chi connectivity index (χ1) is 13.4. The van der Waals surface area contributed by atoms with Crippen LogP contribution in [0.25, 0.3) is 6.08 Å². The number of carbonyl (C=O) groups excluding carboxylic acids is 1. The zero-order valence-corrected chi connectivity index (χ0v) is 20.1. The molecule has 0 fully saturated rings. The number of halogens is 2. The normalized spacial score (nSPS) is 11.8. The van der Waals surface area contributed by atoms with Crippen molar-refractivity contribution < 1.29 is 18.4 Å². The molecule has 0 unspecified atom stereocenters. The number of hydrogen-bond donors (Lipinski definition) is 2. The van der Waals surface area contributed by atoms with Gasteiger partial charge in [0.25, 0.3) is 5.92 Å². The summed E-state index contributed by atoms with van der Waals surface area (Å²) in [6, 6.07) is 0. The Labute approximate surface area is 180 Å². The SMILES string of the molecule is CCCC.CONCC(=O)c1cnc(/C=C(\C)C(C)(C)C(C)(F)F)c(C)n1.CS. The van der Waals surface area contributed by atoms with E-state index in [4.69, 9.17) is 0 Å². The largest absolute Gasteiger partial charge is 0.305 e. The molecular formula is C21H37F2N3O2S. The van der Waals surface area contributed by atoms with E-state index in [2.05, 4.69) is 46.8 Å². The van der Waals surface area contributed by atoms with E-state index in [0.717, 1.165) is 6.92 Å². The Kier molecular flexibility index (Phi) is 15.0. The van der Waals surface area contributed by atoms with E-state index in [1.54, 1.807) is 26.2 Å². The molecule has 5 nitrogen and oxygen atoms in total. The number of aryl methyl sites for hydroxylation is 1. The van der Waals surface area contributed by atoms with Gasteiger partial charge >= 0.3 is 0 Å². The van der Waals surface area contributed by atoms with Crippen molar-refractivity contribution in [2.24, 2.45) is 5.41 Å². The van der Waals surface area contributed by atoms with Crippen molar-refractivity contribution in [1.29, 1.82) is 0 Å². The summed E-state index contributed by atoms with van der Waals surface area (Å²) >= 11 is 3.53. The topological polar surface area (TPSA) is 64.1 Å². The summed E-state index contributed by atoms with van der Waals surface area (Å²) in [6.45, 7) is 11.5. The highest BCUT2D eigenvalue weighted by molar-refractivity contribution is 7.79. The number of hydroxylamine groups is 1. The highest BCUT2D eigenvalue weighted by Crippen LogP contribution is 2.42. The maximum atomic E-state index is 13.7. The number of rotatable bonds is 8. The number of Topliss-reactive ketones (excluding diaryl/α,β-unsaturated/α-hetero) is 1. The van der Waals surface area contributed by atoms with E-state index >= 15 is 0 Å². The summed E-state index contributed by atoms with van der Waals surface area (Å²) < 4.78 is 27.4. The molecule has 0 atom stereocenters.